The van der Waals surface area contributed by atoms with Crippen molar-refractivity contribution in [1.29, 1.82) is 0 Å². The van der Waals surface area contributed by atoms with Crippen LogP contribution in [0.15, 0.2) is 58.8 Å². The van der Waals surface area contributed by atoms with Crippen molar-refractivity contribution >= 4 is 26.3 Å². The lowest BCUT2D eigenvalue weighted by molar-refractivity contribution is 0.271. The highest BCUT2D eigenvalue weighted by molar-refractivity contribution is 7.89. The van der Waals surface area contributed by atoms with E-state index < -0.39 is 10.0 Å². The monoisotopic (exact) mass is 474 g/mol. The molecule has 0 atom stereocenters. The average Bonchev–Trinajstić information content (AvgIpc) is 3.34. The Bertz CT molecular complexity index is 1310. The van der Waals surface area contributed by atoms with Crippen LogP contribution in [0.1, 0.15) is 19.5 Å². The van der Waals surface area contributed by atoms with Crippen molar-refractivity contribution in [1.82, 2.24) is 19.3 Å². The third kappa shape index (κ3) is 4.98. The number of hydrogen-bond acceptors (Lipinski definition) is 6. The first-order chi connectivity index (χ1) is 15.3. The van der Waals surface area contributed by atoms with Gasteiger partial charge in [0, 0.05) is 18.3 Å². The Morgan fingerprint density at radius 1 is 1.16 bits per heavy atom. The SMILES string of the molecule is CC(C)COc1ccc(S(=O)(=O)NCCc2csc3nc(-c4ccccc4F)nn23)cc1. The molecular formula is C22H23FN4O3S2. The van der Waals surface area contributed by atoms with E-state index in [1.165, 1.54) is 29.5 Å². The van der Waals surface area contributed by atoms with Gasteiger partial charge in [-0.3, -0.25) is 0 Å². The van der Waals surface area contributed by atoms with E-state index in [2.05, 4.69) is 14.8 Å². The lowest BCUT2D eigenvalue weighted by Crippen LogP contribution is -2.26. The normalized spacial score (nSPS) is 12.0. The molecule has 2 aromatic heterocycles. The first-order valence-electron chi connectivity index (χ1n) is 10.1. The first-order valence-corrected chi connectivity index (χ1v) is 12.5. The summed E-state index contributed by atoms with van der Waals surface area (Å²) in [4.78, 5) is 5.18. The van der Waals surface area contributed by atoms with Crippen molar-refractivity contribution in [3.8, 4) is 17.1 Å². The molecule has 168 valence electrons. The lowest BCUT2D eigenvalue weighted by atomic mass is 10.2. The molecule has 0 spiro atoms. The van der Waals surface area contributed by atoms with E-state index in [0.29, 0.717) is 41.0 Å². The molecule has 0 unspecified atom stereocenters. The van der Waals surface area contributed by atoms with Crippen molar-refractivity contribution in [3.63, 3.8) is 0 Å². The average molecular weight is 475 g/mol. The zero-order chi connectivity index (χ0) is 22.7. The minimum atomic E-state index is -3.66. The summed E-state index contributed by atoms with van der Waals surface area (Å²) in [5, 5.41) is 6.27. The van der Waals surface area contributed by atoms with Crippen molar-refractivity contribution in [3.05, 3.63) is 65.4 Å². The summed E-state index contributed by atoms with van der Waals surface area (Å²) in [5.74, 6) is 0.934. The van der Waals surface area contributed by atoms with Gasteiger partial charge < -0.3 is 4.74 Å². The van der Waals surface area contributed by atoms with Crippen molar-refractivity contribution < 1.29 is 17.5 Å². The van der Waals surface area contributed by atoms with E-state index in [0.717, 1.165) is 5.69 Å². The number of sulfonamides is 1. The van der Waals surface area contributed by atoms with Gasteiger partial charge in [0.2, 0.25) is 15.0 Å². The number of halogens is 1. The maximum Gasteiger partial charge on any atom is 0.240 e. The van der Waals surface area contributed by atoms with Gasteiger partial charge in [0.25, 0.3) is 0 Å². The maximum absolute atomic E-state index is 14.0. The van der Waals surface area contributed by atoms with Crippen LogP contribution in [0.4, 0.5) is 4.39 Å². The van der Waals surface area contributed by atoms with Gasteiger partial charge in [-0.2, -0.15) is 4.98 Å². The summed E-state index contributed by atoms with van der Waals surface area (Å²) in [5.41, 5.74) is 1.12. The van der Waals surface area contributed by atoms with Crippen LogP contribution in [-0.2, 0) is 16.4 Å². The second-order valence-corrected chi connectivity index (χ2v) is 10.3. The number of fused-ring (bicyclic) bond motifs is 1. The molecule has 4 aromatic rings. The molecule has 10 heteroatoms. The van der Waals surface area contributed by atoms with E-state index in [1.54, 1.807) is 34.8 Å². The number of thiazole rings is 1. The number of nitrogens with one attached hydrogen (secondary N) is 1. The molecule has 32 heavy (non-hydrogen) atoms. The summed E-state index contributed by atoms with van der Waals surface area (Å²) in [6, 6.07) is 12.7. The predicted molar refractivity (Wildman–Crippen MR) is 122 cm³/mol. The number of hydrogen-bond donors (Lipinski definition) is 1. The molecule has 0 bridgehead atoms. The molecule has 1 N–H and O–H groups in total. The van der Waals surface area contributed by atoms with Crippen molar-refractivity contribution in [2.45, 2.75) is 25.2 Å². The number of aromatic nitrogens is 3. The Hall–Kier alpha value is -2.82. The van der Waals surface area contributed by atoms with Crippen LogP contribution < -0.4 is 9.46 Å². The van der Waals surface area contributed by atoms with E-state index >= 15 is 0 Å². The minimum absolute atomic E-state index is 0.174. The maximum atomic E-state index is 14.0. The summed E-state index contributed by atoms with van der Waals surface area (Å²) in [6.07, 6.45) is 0.412. The zero-order valence-corrected chi connectivity index (χ0v) is 19.3. The van der Waals surface area contributed by atoms with Gasteiger partial charge in [-0.05, 0) is 42.3 Å². The molecule has 0 aliphatic heterocycles. The van der Waals surface area contributed by atoms with Crippen molar-refractivity contribution in [2.75, 3.05) is 13.2 Å². The molecule has 0 amide bonds. The first kappa shape index (κ1) is 22.4. The molecule has 0 aliphatic rings. The standard InChI is InChI=1S/C22H23FN4O3S2/c1-15(2)13-30-17-7-9-18(10-8-17)32(28,29)24-12-11-16-14-31-22-25-21(26-27(16)22)19-5-3-4-6-20(19)23/h3-10,14-15,24H,11-13H2,1-2H3. The molecule has 4 rings (SSSR count). The van der Waals surface area contributed by atoms with Crippen LogP contribution in [-0.4, -0.2) is 36.2 Å². The van der Waals surface area contributed by atoms with Crippen LogP contribution in [0, 0.1) is 11.7 Å². The Kier molecular flexibility index (Phi) is 6.54. The smallest absolute Gasteiger partial charge is 0.240 e. The molecule has 2 heterocycles. The molecule has 0 saturated heterocycles. The second-order valence-electron chi connectivity index (χ2n) is 7.66. The van der Waals surface area contributed by atoms with E-state index in [4.69, 9.17) is 4.74 Å². The Morgan fingerprint density at radius 2 is 1.91 bits per heavy atom. The molecule has 0 saturated carbocycles. The number of rotatable bonds is 9. The fourth-order valence-corrected chi connectivity index (χ4v) is 4.92. The second kappa shape index (κ2) is 9.35. The van der Waals surface area contributed by atoms with Crippen LogP contribution in [0.2, 0.25) is 0 Å². The molecule has 7 nitrogen and oxygen atoms in total. The zero-order valence-electron chi connectivity index (χ0n) is 17.7. The summed E-state index contributed by atoms with van der Waals surface area (Å²) < 4.78 is 49.1. The quantitative estimate of drug-likeness (QED) is 0.394. The fraction of sp³-hybridized carbons (Fsp3) is 0.273. The predicted octanol–water partition coefficient (Wildman–Crippen LogP) is 4.15. The lowest BCUT2D eigenvalue weighted by Gasteiger charge is -2.10. The Morgan fingerprint density at radius 3 is 2.62 bits per heavy atom. The van der Waals surface area contributed by atoms with Gasteiger partial charge in [0.15, 0.2) is 5.82 Å². The number of benzene rings is 2. The number of nitrogens with zero attached hydrogens (tertiary/aromatic N) is 3. The van der Waals surface area contributed by atoms with Crippen LogP contribution in [0.5, 0.6) is 5.75 Å². The van der Waals surface area contributed by atoms with Crippen LogP contribution in [0.3, 0.4) is 0 Å². The van der Waals surface area contributed by atoms with Gasteiger partial charge in [0.1, 0.15) is 11.6 Å². The van der Waals surface area contributed by atoms with Gasteiger partial charge >= 0.3 is 0 Å². The summed E-state index contributed by atoms with van der Waals surface area (Å²) in [6.45, 7) is 4.85. The Balaban J connectivity index is 1.41. The molecule has 2 aromatic carbocycles. The highest BCUT2D eigenvalue weighted by Gasteiger charge is 2.16. The summed E-state index contributed by atoms with van der Waals surface area (Å²) >= 11 is 1.37. The third-order valence-corrected chi connectivity index (χ3v) is 7.00. The largest absolute Gasteiger partial charge is 0.493 e. The van der Waals surface area contributed by atoms with Crippen LogP contribution >= 0.6 is 11.3 Å². The van der Waals surface area contributed by atoms with Crippen molar-refractivity contribution in [2.24, 2.45) is 5.92 Å². The van der Waals surface area contributed by atoms with E-state index in [9.17, 15) is 12.8 Å². The van der Waals surface area contributed by atoms with Gasteiger partial charge in [0.05, 0.1) is 22.8 Å². The minimum Gasteiger partial charge on any atom is -0.493 e. The van der Waals surface area contributed by atoms with Gasteiger partial charge in [-0.1, -0.05) is 26.0 Å². The highest BCUT2D eigenvalue weighted by atomic mass is 32.2. The third-order valence-electron chi connectivity index (χ3n) is 4.66. The molecular weight excluding hydrogens is 451 g/mol. The van der Waals surface area contributed by atoms with E-state index in [1.807, 2.05) is 19.2 Å². The van der Waals surface area contributed by atoms with E-state index in [-0.39, 0.29) is 17.3 Å². The fourth-order valence-electron chi connectivity index (χ4n) is 3.03. The summed E-state index contributed by atoms with van der Waals surface area (Å²) in [7, 11) is -3.66. The molecule has 0 aliphatic carbocycles. The number of ether oxygens (including phenoxy) is 1. The molecule has 0 fully saturated rings. The highest BCUT2D eigenvalue weighted by Crippen LogP contribution is 2.23. The van der Waals surface area contributed by atoms with Gasteiger partial charge in [-0.25, -0.2) is 22.0 Å². The Labute approximate surface area is 189 Å². The van der Waals surface area contributed by atoms with Crippen LogP contribution in [0.25, 0.3) is 16.3 Å². The van der Waals surface area contributed by atoms with Gasteiger partial charge in [-0.15, -0.1) is 16.4 Å². The molecule has 0 radical (unpaired) electrons. The topological polar surface area (TPSA) is 85.6 Å².